The predicted octanol–water partition coefficient (Wildman–Crippen LogP) is 3.80. The molecule has 2 rings (SSSR count). The van der Waals surface area contributed by atoms with Crippen molar-refractivity contribution in [3.05, 3.63) is 53.1 Å². The van der Waals surface area contributed by atoms with Crippen molar-refractivity contribution in [1.82, 2.24) is 0 Å². The predicted molar refractivity (Wildman–Crippen MR) is 72.9 cm³/mol. The topological polar surface area (TPSA) is 50.1 Å². The van der Waals surface area contributed by atoms with E-state index in [-0.39, 0.29) is 0 Å². The zero-order valence-electron chi connectivity index (χ0n) is 10.2. The average molecular weight is 272 g/mol. The zero-order chi connectivity index (χ0) is 13.8. The number of benzene rings is 2. The van der Waals surface area contributed by atoms with Crippen LogP contribution in [0.5, 0.6) is 5.75 Å². The Hall–Kier alpha value is -2.31. The summed E-state index contributed by atoms with van der Waals surface area (Å²) in [6, 6.07) is 14.1. The summed E-state index contributed by atoms with van der Waals surface area (Å²) in [7, 11) is 0. The lowest BCUT2D eigenvalue weighted by Gasteiger charge is -2.09. The molecule has 0 amide bonds. The Morgan fingerprint density at radius 2 is 1.89 bits per heavy atom. The molecule has 0 unspecified atom stereocenters. The zero-order valence-corrected chi connectivity index (χ0v) is 10.9. The molecule has 0 N–H and O–H groups in total. The number of nitriles is 1. The van der Waals surface area contributed by atoms with Crippen molar-refractivity contribution in [3.8, 4) is 22.9 Å². The Morgan fingerprint density at radius 3 is 2.47 bits per heavy atom. The Bertz CT molecular complexity index is 657. The van der Waals surface area contributed by atoms with E-state index >= 15 is 0 Å². The lowest BCUT2D eigenvalue weighted by molar-refractivity contribution is -0.131. The van der Waals surface area contributed by atoms with Gasteiger partial charge in [-0.3, -0.25) is 4.79 Å². The first kappa shape index (κ1) is 13.1. The number of ether oxygens (including phenoxy) is 1. The van der Waals surface area contributed by atoms with Crippen LogP contribution >= 0.6 is 11.6 Å². The number of esters is 1. The Morgan fingerprint density at radius 1 is 1.21 bits per heavy atom. The minimum atomic E-state index is -0.391. The molecular formula is C15H10ClNO2. The van der Waals surface area contributed by atoms with E-state index < -0.39 is 5.97 Å². The number of hydrogen-bond acceptors (Lipinski definition) is 3. The van der Waals surface area contributed by atoms with Gasteiger partial charge in [0.05, 0.1) is 11.6 Å². The van der Waals surface area contributed by atoms with Gasteiger partial charge >= 0.3 is 5.97 Å². The van der Waals surface area contributed by atoms with Gasteiger partial charge in [0.15, 0.2) is 0 Å². The summed E-state index contributed by atoms with van der Waals surface area (Å²) in [6.07, 6.45) is 0. The molecule has 2 aromatic rings. The van der Waals surface area contributed by atoms with Gasteiger partial charge in [0.2, 0.25) is 0 Å². The second-order valence-corrected chi connectivity index (χ2v) is 4.36. The maximum atomic E-state index is 11.1. The third-order valence-corrected chi connectivity index (χ3v) is 2.76. The Kier molecular flexibility index (Phi) is 3.84. The van der Waals surface area contributed by atoms with Crippen LogP contribution in [0.4, 0.5) is 0 Å². The molecule has 0 saturated heterocycles. The van der Waals surface area contributed by atoms with E-state index in [0.717, 1.165) is 5.56 Å². The van der Waals surface area contributed by atoms with Crippen LogP contribution in [-0.2, 0) is 4.79 Å². The number of hydrogen-bond donors (Lipinski definition) is 0. The summed E-state index contributed by atoms with van der Waals surface area (Å²) < 4.78 is 5.15. The first-order chi connectivity index (χ1) is 9.10. The van der Waals surface area contributed by atoms with E-state index in [4.69, 9.17) is 21.6 Å². The summed E-state index contributed by atoms with van der Waals surface area (Å²) in [4.78, 5) is 11.1. The fourth-order valence-electron chi connectivity index (χ4n) is 1.70. The van der Waals surface area contributed by atoms with Crippen molar-refractivity contribution in [3.63, 3.8) is 0 Å². The summed E-state index contributed by atoms with van der Waals surface area (Å²) in [5.74, 6) is 0.0545. The highest BCUT2D eigenvalue weighted by molar-refractivity contribution is 6.31. The fraction of sp³-hybridized carbons (Fsp3) is 0.0667. The average Bonchev–Trinajstić information content (AvgIpc) is 2.40. The van der Waals surface area contributed by atoms with E-state index in [2.05, 4.69) is 6.07 Å². The maximum Gasteiger partial charge on any atom is 0.308 e. The van der Waals surface area contributed by atoms with Gasteiger partial charge in [0.25, 0.3) is 0 Å². The van der Waals surface area contributed by atoms with Crippen LogP contribution in [0.1, 0.15) is 12.5 Å². The normalized spacial score (nSPS) is 9.74. The Labute approximate surface area is 116 Å². The molecule has 0 atom stereocenters. The smallest absolute Gasteiger partial charge is 0.308 e. The molecule has 0 bridgehead atoms. The van der Waals surface area contributed by atoms with Gasteiger partial charge in [0, 0.05) is 17.5 Å². The molecule has 0 aliphatic carbocycles. The minimum absolute atomic E-state index is 0.391. The molecule has 3 nitrogen and oxygen atoms in total. The molecule has 0 aromatic heterocycles. The largest absolute Gasteiger partial charge is 0.426 e. The number of carbonyl (C=O) groups is 1. The molecule has 94 valence electrons. The number of carbonyl (C=O) groups excluding carboxylic acids is 1. The van der Waals surface area contributed by atoms with E-state index in [1.807, 2.05) is 0 Å². The molecule has 0 fully saturated rings. The summed E-state index contributed by atoms with van der Waals surface area (Å²) in [6.45, 7) is 1.34. The SMILES string of the molecule is CC(=O)Oc1ccc(Cl)cc1-c1ccc(C#N)cc1. The number of halogens is 1. The molecule has 0 radical (unpaired) electrons. The molecule has 4 heteroatoms. The molecule has 0 saturated carbocycles. The van der Waals surface area contributed by atoms with Crippen molar-refractivity contribution in [2.24, 2.45) is 0 Å². The molecule has 19 heavy (non-hydrogen) atoms. The van der Waals surface area contributed by atoms with Crippen LogP contribution in [0.15, 0.2) is 42.5 Å². The maximum absolute atomic E-state index is 11.1. The third-order valence-electron chi connectivity index (χ3n) is 2.52. The lowest BCUT2D eigenvalue weighted by Crippen LogP contribution is -2.02. The number of nitrogens with zero attached hydrogens (tertiary/aromatic N) is 1. The van der Waals surface area contributed by atoms with Crippen molar-refractivity contribution in [1.29, 1.82) is 5.26 Å². The summed E-state index contributed by atoms with van der Waals surface area (Å²) in [5.41, 5.74) is 2.12. The summed E-state index contributed by atoms with van der Waals surface area (Å²) in [5, 5.41) is 9.33. The van der Waals surface area contributed by atoms with Crippen LogP contribution in [-0.4, -0.2) is 5.97 Å². The molecule has 0 spiro atoms. The van der Waals surface area contributed by atoms with E-state index in [1.54, 1.807) is 42.5 Å². The molecule has 0 heterocycles. The number of rotatable bonds is 2. The first-order valence-corrected chi connectivity index (χ1v) is 5.96. The van der Waals surface area contributed by atoms with Crippen molar-refractivity contribution < 1.29 is 9.53 Å². The van der Waals surface area contributed by atoms with E-state index in [9.17, 15) is 4.79 Å². The second kappa shape index (κ2) is 5.55. The fourth-order valence-corrected chi connectivity index (χ4v) is 1.87. The molecule has 0 aliphatic heterocycles. The molecule has 0 aliphatic rings. The van der Waals surface area contributed by atoms with Gasteiger partial charge in [-0.2, -0.15) is 5.26 Å². The van der Waals surface area contributed by atoms with Crippen molar-refractivity contribution in [2.45, 2.75) is 6.92 Å². The first-order valence-electron chi connectivity index (χ1n) is 5.58. The van der Waals surface area contributed by atoms with E-state index in [1.165, 1.54) is 6.92 Å². The van der Waals surface area contributed by atoms with Crippen LogP contribution in [0, 0.1) is 11.3 Å². The molecular weight excluding hydrogens is 262 g/mol. The van der Waals surface area contributed by atoms with Gasteiger partial charge in [-0.15, -0.1) is 0 Å². The quantitative estimate of drug-likeness (QED) is 0.616. The van der Waals surface area contributed by atoms with Crippen LogP contribution in [0.25, 0.3) is 11.1 Å². The second-order valence-electron chi connectivity index (χ2n) is 3.92. The third kappa shape index (κ3) is 3.12. The van der Waals surface area contributed by atoms with Crippen LogP contribution in [0.3, 0.4) is 0 Å². The lowest BCUT2D eigenvalue weighted by atomic mass is 10.0. The van der Waals surface area contributed by atoms with Gasteiger partial charge in [-0.25, -0.2) is 0 Å². The standard InChI is InChI=1S/C15H10ClNO2/c1-10(18)19-15-7-6-13(16)8-14(15)12-4-2-11(9-17)3-5-12/h2-8H,1H3. The monoisotopic (exact) mass is 271 g/mol. The van der Waals surface area contributed by atoms with Crippen molar-refractivity contribution >= 4 is 17.6 Å². The van der Waals surface area contributed by atoms with Gasteiger partial charge in [-0.05, 0) is 35.9 Å². The summed E-state index contributed by atoms with van der Waals surface area (Å²) >= 11 is 5.97. The van der Waals surface area contributed by atoms with Crippen molar-refractivity contribution in [2.75, 3.05) is 0 Å². The van der Waals surface area contributed by atoms with Crippen LogP contribution in [0.2, 0.25) is 5.02 Å². The van der Waals surface area contributed by atoms with Crippen LogP contribution < -0.4 is 4.74 Å². The molecule has 2 aromatic carbocycles. The van der Waals surface area contributed by atoms with Gasteiger partial charge < -0.3 is 4.74 Å². The van der Waals surface area contributed by atoms with Gasteiger partial charge in [0.1, 0.15) is 5.75 Å². The van der Waals surface area contributed by atoms with Gasteiger partial charge in [-0.1, -0.05) is 23.7 Å². The minimum Gasteiger partial charge on any atom is -0.426 e. The highest BCUT2D eigenvalue weighted by Crippen LogP contribution is 2.32. The highest BCUT2D eigenvalue weighted by atomic mass is 35.5. The van der Waals surface area contributed by atoms with E-state index in [0.29, 0.717) is 21.9 Å². The highest BCUT2D eigenvalue weighted by Gasteiger charge is 2.09. The Balaban J connectivity index is 2.49.